The molecule has 2 aliphatic heterocycles. The van der Waals surface area contributed by atoms with Crippen LogP contribution in [0.1, 0.15) is 38.6 Å². The van der Waals surface area contributed by atoms with Crippen molar-refractivity contribution in [3.63, 3.8) is 0 Å². The number of nitrogens with one attached hydrogen (secondary N) is 1. The summed E-state index contributed by atoms with van der Waals surface area (Å²) in [7, 11) is 0. The Labute approximate surface area is 194 Å². The average Bonchev–Trinajstić information content (AvgIpc) is 3.38. The van der Waals surface area contributed by atoms with Gasteiger partial charge in [-0.1, -0.05) is 12.1 Å². The highest BCUT2D eigenvalue weighted by Crippen LogP contribution is 2.44. The van der Waals surface area contributed by atoms with Crippen LogP contribution in [-0.2, 0) is 14.2 Å². The molecule has 0 spiro atoms. The molecule has 2 aromatic heterocycles. The normalized spacial score (nSPS) is 27.6. The zero-order valence-electron chi connectivity index (χ0n) is 17.7. The van der Waals surface area contributed by atoms with Gasteiger partial charge in [-0.25, -0.2) is 9.37 Å². The molecule has 0 radical (unpaired) electrons. The van der Waals surface area contributed by atoms with E-state index in [1.165, 1.54) is 12.1 Å². The van der Waals surface area contributed by atoms with Gasteiger partial charge in [-0.2, -0.15) is 22.6 Å². The first-order chi connectivity index (χ1) is 15.3. The van der Waals surface area contributed by atoms with Crippen LogP contribution in [-0.4, -0.2) is 49.4 Å². The van der Waals surface area contributed by atoms with Crippen LogP contribution in [0.15, 0.2) is 30.6 Å². The lowest BCUT2D eigenvalue weighted by Crippen LogP contribution is -2.30. The predicted octanol–water partition coefficient (Wildman–Crippen LogP) is 4.14. The number of hydrogen-bond donors (Lipinski definition) is 2. The molecule has 5 rings (SSSR count). The van der Waals surface area contributed by atoms with E-state index in [1.54, 1.807) is 23.0 Å². The minimum Gasteiger partial charge on any atom is -0.362 e. The van der Waals surface area contributed by atoms with Crippen LogP contribution in [0, 0.1) is 5.82 Å². The Bertz CT molecular complexity index is 1140. The number of ether oxygens (including phenoxy) is 3. The minimum absolute atomic E-state index is 0.0669. The molecule has 4 heterocycles. The Morgan fingerprint density at radius 3 is 2.66 bits per heavy atom. The first-order valence-electron chi connectivity index (χ1n) is 10.3. The molecule has 1 aromatic carbocycles. The van der Waals surface area contributed by atoms with Crippen molar-refractivity contribution < 1.29 is 18.6 Å². The first-order valence-corrected chi connectivity index (χ1v) is 11.3. The Morgan fingerprint density at radius 1 is 1.22 bits per heavy atom. The molecule has 2 aliphatic rings. The molecule has 32 heavy (non-hydrogen) atoms. The molecule has 3 aromatic rings. The number of benzene rings is 1. The zero-order chi connectivity index (χ0) is 22.6. The van der Waals surface area contributed by atoms with Crippen LogP contribution in [0.2, 0.25) is 5.28 Å². The lowest BCUT2D eigenvalue weighted by molar-refractivity contribution is -0.193. The molecule has 11 heteroatoms. The zero-order valence-corrected chi connectivity index (χ0v) is 19.3. The van der Waals surface area contributed by atoms with Gasteiger partial charge in [0, 0.05) is 5.75 Å². The summed E-state index contributed by atoms with van der Waals surface area (Å²) in [6, 6.07) is 6.11. The monoisotopic (exact) mass is 479 g/mol. The second kappa shape index (κ2) is 8.11. The molecule has 1 N–H and O–H groups in total. The lowest BCUT2D eigenvalue weighted by Gasteiger charge is -2.24. The number of aromatic nitrogens is 4. The summed E-state index contributed by atoms with van der Waals surface area (Å²) in [4.78, 5) is 13.3. The van der Waals surface area contributed by atoms with E-state index in [2.05, 4.69) is 32.9 Å². The number of anilines is 1. The van der Waals surface area contributed by atoms with E-state index in [1.807, 2.05) is 20.8 Å². The second-order valence-electron chi connectivity index (χ2n) is 8.40. The standard InChI is InChI=1S/C21H23ClFN5O3S/c1-10(11-4-6-12(23)7-5-11)25-17-14-18(27-20(22)26-17)28(9-24-14)19-16-15(13(8-32)29-19)30-21(2,3)31-16/h4-7,9-10,13,15-16,19,32H,8H2,1-3H3,(H,25,26,27)/t10?,13-,15-,16-,19-/m1/s1. The van der Waals surface area contributed by atoms with Gasteiger partial charge in [0.05, 0.1) is 18.5 Å². The largest absolute Gasteiger partial charge is 0.362 e. The summed E-state index contributed by atoms with van der Waals surface area (Å²) in [5.41, 5.74) is 1.94. The number of thiol groups is 1. The summed E-state index contributed by atoms with van der Waals surface area (Å²) in [5, 5.41) is 3.37. The summed E-state index contributed by atoms with van der Waals surface area (Å²) >= 11 is 10.7. The molecule has 0 aliphatic carbocycles. The van der Waals surface area contributed by atoms with Gasteiger partial charge in [-0.15, -0.1) is 0 Å². The van der Waals surface area contributed by atoms with Gasteiger partial charge in [-0.3, -0.25) is 4.57 Å². The number of hydrogen-bond acceptors (Lipinski definition) is 8. The Hall–Kier alpha value is -1.98. The Kier molecular flexibility index (Phi) is 5.53. The van der Waals surface area contributed by atoms with E-state index < -0.39 is 12.0 Å². The third-order valence-electron chi connectivity index (χ3n) is 5.70. The summed E-state index contributed by atoms with van der Waals surface area (Å²) in [6.45, 7) is 5.70. The van der Waals surface area contributed by atoms with E-state index in [0.29, 0.717) is 22.7 Å². The molecule has 0 saturated carbocycles. The molecule has 2 saturated heterocycles. The van der Waals surface area contributed by atoms with E-state index in [9.17, 15) is 4.39 Å². The molecule has 1 unspecified atom stereocenters. The van der Waals surface area contributed by atoms with Crippen LogP contribution >= 0.6 is 24.2 Å². The van der Waals surface area contributed by atoms with Crippen molar-refractivity contribution in [3.05, 3.63) is 47.3 Å². The molecule has 5 atom stereocenters. The molecular formula is C21H23ClFN5O3S. The number of fused-ring (bicyclic) bond motifs is 2. The number of nitrogens with zero attached hydrogens (tertiary/aromatic N) is 4. The third kappa shape index (κ3) is 3.84. The van der Waals surface area contributed by atoms with Crippen molar-refractivity contribution in [1.29, 1.82) is 0 Å². The molecule has 0 bridgehead atoms. The van der Waals surface area contributed by atoms with Crippen molar-refractivity contribution in [2.75, 3.05) is 11.1 Å². The van der Waals surface area contributed by atoms with Crippen LogP contribution in [0.25, 0.3) is 11.2 Å². The second-order valence-corrected chi connectivity index (χ2v) is 9.10. The predicted molar refractivity (Wildman–Crippen MR) is 120 cm³/mol. The van der Waals surface area contributed by atoms with Crippen molar-refractivity contribution >= 4 is 41.2 Å². The fourth-order valence-electron chi connectivity index (χ4n) is 4.25. The molecule has 170 valence electrons. The first kappa shape index (κ1) is 21.8. The van der Waals surface area contributed by atoms with E-state index in [0.717, 1.165) is 5.56 Å². The maximum Gasteiger partial charge on any atom is 0.226 e. The van der Waals surface area contributed by atoms with Crippen molar-refractivity contribution in [3.8, 4) is 0 Å². The third-order valence-corrected chi connectivity index (χ3v) is 6.23. The summed E-state index contributed by atoms with van der Waals surface area (Å²) in [6.07, 6.45) is 0.306. The highest BCUT2D eigenvalue weighted by Gasteiger charge is 2.55. The number of halogens is 2. The van der Waals surface area contributed by atoms with Gasteiger partial charge in [0.2, 0.25) is 5.28 Å². The van der Waals surface area contributed by atoms with Crippen LogP contribution in [0.5, 0.6) is 0 Å². The van der Waals surface area contributed by atoms with Crippen LogP contribution in [0.4, 0.5) is 10.2 Å². The SMILES string of the molecule is CC(Nc1nc(Cl)nc2c1ncn2[C@@H]1O[C@H](CS)[C@H]2OC(C)(C)O[C@H]21)c1ccc(F)cc1. The van der Waals surface area contributed by atoms with Gasteiger partial charge in [0.15, 0.2) is 29.0 Å². The minimum atomic E-state index is -0.723. The quantitative estimate of drug-likeness (QED) is 0.420. The number of rotatable bonds is 5. The Morgan fingerprint density at radius 2 is 1.94 bits per heavy atom. The summed E-state index contributed by atoms with van der Waals surface area (Å²) < 4.78 is 33.4. The van der Waals surface area contributed by atoms with Gasteiger partial charge in [-0.05, 0) is 50.1 Å². The summed E-state index contributed by atoms with van der Waals surface area (Å²) in [5.74, 6) is -0.0528. The van der Waals surface area contributed by atoms with Gasteiger partial charge < -0.3 is 19.5 Å². The van der Waals surface area contributed by atoms with Gasteiger partial charge in [0.25, 0.3) is 0 Å². The maximum absolute atomic E-state index is 13.3. The molecule has 0 amide bonds. The Balaban J connectivity index is 1.49. The van der Waals surface area contributed by atoms with E-state index >= 15 is 0 Å². The van der Waals surface area contributed by atoms with Crippen molar-refractivity contribution in [2.24, 2.45) is 0 Å². The highest BCUT2D eigenvalue weighted by atomic mass is 35.5. The van der Waals surface area contributed by atoms with Gasteiger partial charge in [0.1, 0.15) is 18.0 Å². The van der Waals surface area contributed by atoms with Crippen LogP contribution < -0.4 is 5.32 Å². The van der Waals surface area contributed by atoms with E-state index in [-0.39, 0.29) is 35.5 Å². The lowest BCUT2D eigenvalue weighted by atomic mass is 10.1. The molecular weight excluding hydrogens is 457 g/mol. The van der Waals surface area contributed by atoms with Crippen LogP contribution in [0.3, 0.4) is 0 Å². The van der Waals surface area contributed by atoms with E-state index in [4.69, 9.17) is 25.8 Å². The smallest absolute Gasteiger partial charge is 0.226 e. The van der Waals surface area contributed by atoms with Crippen molar-refractivity contribution in [2.45, 2.75) is 57.1 Å². The molecule has 8 nitrogen and oxygen atoms in total. The molecule has 2 fully saturated rings. The van der Waals surface area contributed by atoms with Gasteiger partial charge >= 0.3 is 0 Å². The number of imidazole rings is 1. The average molecular weight is 480 g/mol. The van der Waals surface area contributed by atoms with Crippen molar-refractivity contribution in [1.82, 2.24) is 19.5 Å². The fourth-order valence-corrected chi connectivity index (χ4v) is 4.71. The fraction of sp³-hybridized carbons (Fsp3) is 0.476. The topological polar surface area (TPSA) is 83.3 Å². The highest BCUT2D eigenvalue weighted by molar-refractivity contribution is 7.80. The maximum atomic E-state index is 13.3.